The van der Waals surface area contributed by atoms with Gasteiger partial charge in [-0.25, -0.2) is 4.79 Å². The number of hydrogen-bond acceptors (Lipinski definition) is 5. The van der Waals surface area contributed by atoms with E-state index in [0.717, 1.165) is 25.8 Å². The minimum Gasteiger partial charge on any atom is -0.626 e. The number of rotatable bonds is 3. The number of nitrogens with two attached hydrogens (primary N) is 1. The summed E-state index contributed by atoms with van der Waals surface area (Å²) in [7, 11) is 1.44. The molecule has 6 nitrogen and oxygen atoms in total. The second kappa shape index (κ2) is 6.04. The molecule has 0 spiro atoms. The summed E-state index contributed by atoms with van der Waals surface area (Å²) in [5.41, 5.74) is 6.24. The monoisotopic (exact) mass is 325 g/mol. The van der Waals surface area contributed by atoms with Crippen LogP contribution in [0.2, 0.25) is 5.02 Å². The van der Waals surface area contributed by atoms with Crippen molar-refractivity contribution < 1.29 is 14.6 Å². The number of carbonyl (C=O) groups is 1. The lowest BCUT2D eigenvalue weighted by Gasteiger charge is -2.45. The molecule has 0 aromatic heterocycles. The molecule has 3 aliphatic rings. The molecule has 2 saturated heterocycles. The van der Waals surface area contributed by atoms with Crippen LogP contribution in [-0.2, 0) is 0 Å². The van der Waals surface area contributed by atoms with Crippen LogP contribution in [-0.4, -0.2) is 31.6 Å². The number of ether oxygens (including phenoxy) is 1. The van der Waals surface area contributed by atoms with E-state index in [-0.39, 0.29) is 27.6 Å². The molecule has 3 fully saturated rings. The lowest BCUT2D eigenvalue weighted by atomic mass is 9.77. The van der Waals surface area contributed by atoms with Gasteiger partial charge in [0.2, 0.25) is 0 Å². The SMILES string of the molecule is COc1cc(N)c(Cl)cc1C(=O)[NH+]([O-])C1CC2CCC1CN2. The van der Waals surface area contributed by atoms with Crippen LogP contribution in [0, 0.1) is 11.1 Å². The minimum absolute atomic E-state index is 0.195. The third kappa shape index (κ3) is 2.67. The van der Waals surface area contributed by atoms with E-state index in [9.17, 15) is 10.0 Å². The molecule has 4 atom stereocenters. The molecule has 4 rings (SSSR count). The third-order valence-electron chi connectivity index (χ3n) is 4.79. The number of hydroxylamine groups is 2. The van der Waals surface area contributed by atoms with Crippen LogP contribution in [0.15, 0.2) is 12.1 Å². The van der Waals surface area contributed by atoms with Crippen LogP contribution in [0.25, 0.3) is 0 Å². The zero-order valence-electron chi connectivity index (χ0n) is 12.4. The third-order valence-corrected chi connectivity index (χ3v) is 5.11. The summed E-state index contributed by atoms with van der Waals surface area (Å²) in [6.45, 7) is 0.813. The molecule has 4 unspecified atom stereocenters. The van der Waals surface area contributed by atoms with Gasteiger partial charge >= 0.3 is 5.91 Å². The second-order valence-electron chi connectivity index (χ2n) is 6.05. The van der Waals surface area contributed by atoms with Crippen molar-refractivity contribution in [1.29, 1.82) is 0 Å². The first kappa shape index (κ1) is 15.6. The number of nitrogens with one attached hydrogen (secondary N) is 2. The van der Waals surface area contributed by atoms with Gasteiger partial charge in [-0.3, -0.25) is 0 Å². The summed E-state index contributed by atoms with van der Waals surface area (Å²) >= 11 is 5.99. The number of piperidine rings is 2. The Morgan fingerprint density at radius 1 is 1.50 bits per heavy atom. The lowest BCUT2D eigenvalue weighted by molar-refractivity contribution is -0.797. The van der Waals surface area contributed by atoms with E-state index in [1.54, 1.807) is 0 Å². The van der Waals surface area contributed by atoms with Crippen molar-refractivity contribution in [3.05, 3.63) is 27.9 Å². The normalized spacial score (nSPS) is 28.4. The van der Waals surface area contributed by atoms with Crippen LogP contribution in [0.4, 0.5) is 5.69 Å². The number of nitrogen functional groups attached to an aromatic ring is 1. The van der Waals surface area contributed by atoms with Crippen molar-refractivity contribution in [2.75, 3.05) is 19.4 Å². The molecule has 1 amide bonds. The van der Waals surface area contributed by atoms with E-state index in [1.807, 2.05) is 0 Å². The molecule has 2 bridgehead atoms. The molecule has 4 N–H and O–H groups in total. The molecule has 2 aliphatic heterocycles. The van der Waals surface area contributed by atoms with E-state index in [4.69, 9.17) is 22.1 Å². The van der Waals surface area contributed by atoms with Crippen LogP contribution in [0.5, 0.6) is 5.75 Å². The van der Waals surface area contributed by atoms with Crippen LogP contribution in [0.1, 0.15) is 29.6 Å². The maximum Gasteiger partial charge on any atom is 0.348 e. The van der Waals surface area contributed by atoms with Gasteiger partial charge in [-0.05, 0) is 18.9 Å². The van der Waals surface area contributed by atoms with Gasteiger partial charge in [0.15, 0.2) is 0 Å². The summed E-state index contributed by atoms with van der Waals surface area (Å²) in [6, 6.07) is 3.06. The van der Waals surface area contributed by atoms with Gasteiger partial charge in [-0.2, -0.15) is 0 Å². The number of methoxy groups -OCH3 is 1. The summed E-state index contributed by atoms with van der Waals surface area (Å²) in [6.07, 6.45) is 2.82. The zero-order chi connectivity index (χ0) is 15.9. The summed E-state index contributed by atoms with van der Waals surface area (Å²) in [4.78, 5) is 12.6. The maximum absolute atomic E-state index is 12.6. The fraction of sp³-hybridized carbons (Fsp3) is 0.533. The van der Waals surface area contributed by atoms with E-state index in [0.29, 0.717) is 17.5 Å². The van der Waals surface area contributed by atoms with Gasteiger partial charge in [-0.1, -0.05) is 11.6 Å². The number of quaternary nitrogens is 1. The Balaban J connectivity index is 1.86. The van der Waals surface area contributed by atoms with Gasteiger partial charge in [0, 0.05) is 31.0 Å². The average Bonchev–Trinajstić information content (AvgIpc) is 2.56. The number of hydrogen-bond donors (Lipinski definition) is 3. The van der Waals surface area contributed by atoms with Crippen molar-refractivity contribution in [1.82, 2.24) is 5.32 Å². The molecule has 1 aromatic carbocycles. The summed E-state index contributed by atoms with van der Waals surface area (Å²) in [5.74, 6) is 0.00680. The van der Waals surface area contributed by atoms with E-state index >= 15 is 0 Å². The van der Waals surface area contributed by atoms with Gasteiger partial charge in [0.25, 0.3) is 0 Å². The van der Waals surface area contributed by atoms with Gasteiger partial charge in [0.1, 0.15) is 11.3 Å². The average molecular weight is 326 g/mol. The number of amides is 1. The second-order valence-corrected chi connectivity index (χ2v) is 6.46. The largest absolute Gasteiger partial charge is 0.626 e. The van der Waals surface area contributed by atoms with Crippen molar-refractivity contribution in [2.24, 2.45) is 5.92 Å². The smallest absolute Gasteiger partial charge is 0.348 e. The predicted molar refractivity (Wildman–Crippen MR) is 84.0 cm³/mol. The highest BCUT2D eigenvalue weighted by Crippen LogP contribution is 2.30. The molecule has 0 radical (unpaired) electrons. The number of fused-ring (bicyclic) bond motifs is 3. The Kier molecular flexibility index (Phi) is 4.27. The number of benzene rings is 1. The van der Waals surface area contributed by atoms with Crippen molar-refractivity contribution >= 4 is 23.2 Å². The molecular weight excluding hydrogens is 306 g/mol. The zero-order valence-corrected chi connectivity index (χ0v) is 13.2. The van der Waals surface area contributed by atoms with E-state index < -0.39 is 5.91 Å². The molecule has 1 saturated carbocycles. The Morgan fingerprint density at radius 3 is 2.82 bits per heavy atom. The Labute approximate surface area is 134 Å². The van der Waals surface area contributed by atoms with Crippen LogP contribution >= 0.6 is 11.6 Å². The van der Waals surface area contributed by atoms with Crippen molar-refractivity contribution in [2.45, 2.75) is 31.3 Å². The number of halogens is 1. The van der Waals surface area contributed by atoms with Gasteiger partial charge in [-0.15, -0.1) is 0 Å². The fourth-order valence-electron chi connectivity index (χ4n) is 3.52. The number of carbonyl (C=O) groups excluding carboxylic acids is 1. The lowest BCUT2D eigenvalue weighted by Crippen LogP contribution is -3.15. The maximum atomic E-state index is 12.6. The highest BCUT2D eigenvalue weighted by molar-refractivity contribution is 6.33. The molecule has 120 valence electrons. The number of anilines is 1. The molecule has 1 aromatic rings. The van der Waals surface area contributed by atoms with Crippen molar-refractivity contribution in [3.8, 4) is 5.75 Å². The van der Waals surface area contributed by atoms with Crippen LogP contribution < -0.4 is 20.9 Å². The first-order valence-corrected chi connectivity index (χ1v) is 7.84. The Bertz CT molecular complexity index is 588. The summed E-state index contributed by atoms with van der Waals surface area (Å²) in [5, 5.41) is 16.0. The highest BCUT2D eigenvalue weighted by Gasteiger charge is 2.41. The first-order valence-electron chi connectivity index (χ1n) is 7.46. The van der Waals surface area contributed by atoms with E-state index in [1.165, 1.54) is 19.2 Å². The molecule has 7 heteroatoms. The molecule has 1 aliphatic carbocycles. The van der Waals surface area contributed by atoms with Gasteiger partial charge in [0.05, 0.1) is 23.9 Å². The fourth-order valence-corrected chi connectivity index (χ4v) is 3.68. The first-order chi connectivity index (χ1) is 10.5. The molecular formula is C15H20ClN3O3. The van der Waals surface area contributed by atoms with Crippen LogP contribution in [0.3, 0.4) is 0 Å². The van der Waals surface area contributed by atoms with Crippen molar-refractivity contribution in [3.63, 3.8) is 0 Å². The Hall–Kier alpha value is -1.34. The molecule has 22 heavy (non-hydrogen) atoms. The predicted octanol–water partition coefficient (Wildman–Crippen LogP) is 0.594. The summed E-state index contributed by atoms with van der Waals surface area (Å²) < 4.78 is 5.18. The quantitative estimate of drug-likeness (QED) is 0.559. The molecule has 2 heterocycles. The van der Waals surface area contributed by atoms with Gasteiger partial charge < -0.3 is 26.1 Å². The standard InChI is InChI=1S/C15H20ClN3O3/c1-22-14-6-12(17)11(16)5-10(14)15(20)19(21)13-4-9-3-2-8(13)7-18-9/h5-6,8-9,13,18-19H,2-4,7,17H2,1H3. The highest BCUT2D eigenvalue weighted by atomic mass is 35.5. The minimum atomic E-state index is -0.531. The van der Waals surface area contributed by atoms with E-state index in [2.05, 4.69) is 5.32 Å². The topological polar surface area (TPSA) is 91.8 Å². The Morgan fingerprint density at radius 2 is 2.27 bits per heavy atom.